The highest BCUT2D eigenvalue weighted by Gasteiger charge is 2.38. The smallest absolute Gasteiger partial charge is 0.253 e. The van der Waals surface area contributed by atoms with Crippen molar-refractivity contribution in [3.8, 4) is 0 Å². The summed E-state index contributed by atoms with van der Waals surface area (Å²) in [5, 5.41) is 0. The van der Waals surface area contributed by atoms with Gasteiger partial charge in [0.1, 0.15) is 11.9 Å². The molecule has 2 aliphatic rings. The molecule has 1 atom stereocenters. The van der Waals surface area contributed by atoms with Crippen molar-refractivity contribution in [1.82, 2.24) is 14.5 Å². The molecule has 2 aliphatic heterocycles. The molecule has 34 heavy (non-hydrogen) atoms. The first-order valence-corrected chi connectivity index (χ1v) is 12.8. The van der Waals surface area contributed by atoms with Crippen LogP contribution in [0.5, 0.6) is 0 Å². The number of amides is 2. The molecule has 0 aromatic heterocycles. The summed E-state index contributed by atoms with van der Waals surface area (Å²) in [6.45, 7) is 2.39. The number of halogens is 1. The fourth-order valence-electron chi connectivity index (χ4n) is 4.37. The zero-order valence-corrected chi connectivity index (χ0v) is 19.5. The zero-order chi connectivity index (χ0) is 24.1. The second-order valence-corrected chi connectivity index (χ2v) is 10.2. The maximum atomic E-state index is 13.4. The van der Waals surface area contributed by atoms with Crippen LogP contribution in [0.15, 0.2) is 59.5 Å². The standard InChI is InChI=1S/C24H28FN3O5S/c25-20-8-6-19(7-9-20)23(29)27-12-10-18(11-13-27)22(24(30)28-14-16-33-17-15-28)26-34(31,32)21-4-2-1-3-5-21/h1-9,18,22,26H,10-17H2. The predicted octanol–water partition coefficient (Wildman–Crippen LogP) is 1.88. The maximum Gasteiger partial charge on any atom is 0.253 e. The molecule has 0 bridgehead atoms. The predicted molar refractivity (Wildman–Crippen MR) is 123 cm³/mol. The third-order valence-electron chi connectivity index (χ3n) is 6.31. The molecule has 2 fully saturated rings. The Morgan fingerprint density at radius 1 is 0.912 bits per heavy atom. The summed E-state index contributed by atoms with van der Waals surface area (Å²) < 4.78 is 47.3. The number of likely N-dealkylation sites (tertiary alicyclic amines) is 1. The quantitative estimate of drug-likeness (QED) is 0.669. The van der Waals surface area contributed by atoms with Crippen LogP contribution in [0.4, 0.5) is 4.39 Å². The Kier molecular flexibility index (Phi) is 7.60. The van der Waals surface area contributed by atoms with Gasteiger partial charge in [0.25, 0.3) is 5.91 Å². The van der Waals surface area contributed by atoms with Gasteiger partial charge in [-0.25, -0.2) is 12.8 Å². The lowest BCUT2D eigenvalue weighted by Gasteiger charge is -2.38. The van der Waals surface area contributed by atoms with Crippen molar-refractivity contribution in [2.45, 2.75) is 23.8 Å². The van der Waals surface area contributed by atoms with Crippen molar-refractivity contribution in [3.63, 3.8) is 0 Å². The molecule has 0 radical (unpaired) electrons. The van der Waals surface area contributed by atoms with Crippen molar-refractivity contribution in [3.05, 3.63) is 66.0 Å². The molecule has 8 nitrogen and oxygen atoms in total. The van der Waals surface area contributed by atoms with Crippen LogP contribution in [0, 0.1) is 11.7 Å². The minimum atomic E-state index is -3.91. The molecule has 2 aromatic carbocycles. The number of ether oxygens (including phenoxy) is 1. The number of benzene rings is 2. The highest BCUT2D eigenvalue weighted by atomic mass is 32.2. The van der Waals surface area contributed by atoms with Crippen molar-refractivity contribution < 1.29 is 27.1 Å². The molecule has 4 rings (SSSR count). The number of hydrogen-bond acceptors (Lipinski definition) is 5. The lowest BCUT2D eigenvalue weighted by atomic mass is 9.88. The third kappa shape index (κ3) is 5.63. The second kappa shape index (κ2) is 10.6. The monoisotopic (exact) mass is 489 g/mol. The van der Waals surface area contributed by atoms with E-state index in [0.717, 1.165) is 0 Å². The first-order chi connectivity index (χ1) is 16.3. The van der Waals surface area contributed by atoms with Crippen molar-refractivity contribution in [2.75, 3.05) is 39.4 Å². The van der Waals surface area contributed by atoms with Crippen LogP contribution in [0.1, 0.15) is 23.2 Å². The number of nitrogens with zero attached hydrogens (tertiary/aromatic N) is 2. The van der Waals surface area contributed by atoms with E-state index in [1.807, 2.05) is 0 Å². The fourth-order valence-corrected chi connectivity index (χ4v) is 5.65. The molecule has 10 heteroatoms. The topological polar surface area (TPSA) is 96.0 Å². The third-order valence-corrected chi connectivity index (χ3v) is 7.77. The van der Waals surface area contributed by atoms with E-state index in [4.69, 9.17) is 4.74 Å². The molecule has 0 saturated carbocycles. The van der Waals surface area contributed by atoms with Gasteiger partial charge in [-0.05, 0) is 55.2 Å². The summed E-state index contributed by atoms with van der Waals surface area (Å²) in [5.41, 5.74) is 0.394. The number of carbonyl (C=O) groups excluding carboxylic acids is 2. The lowest BCUT2D eigenvalue weighted by molar-refractivity contribution is -0.138. The molecule has 2 heterocycles. The van der Waals surface area contributed by atoms with Gasteiger partial charge in [-0.3, -0.25) is 9.59 Å². The van der Waals surface area contributed by atoms with E-state index < -0.39 is 21.9 Å². The number of piperidine rings is 1. The van der Waals surface area contributed by atoms with E-state index in [-0.39, 0.29) is 22.6 Å². The highest BCUT2D eigenvalue weighted by molar-refractivity contribution is 7.89. The van der Waals surface area contributed by atoms with Gasteiger partial charge >= 0.3 is 0 Å². The first kappa shape index (κ1) is 24.3. The van der Waals surface area contributed by atoms with Crippen molar-refractivity contribution >= 4 is 21.8 Å². The van der Waals surface area contributed by atoms with Gasteiger partial charge in [0.15, 0.2) is 0 Å². The number of sulfonamides is 1. The molecule has 2 saturated heterocycles. The van der Waals surface area contributed by atoms with E-state index in [0.29, 0.717) is 57.8 Å². The average Bonchev–Trinajstić information content (AvgIpc) is 2.88. The summed E-state index contributed by atoms with van der Waals surface area (Å²) in [6.07, 6.45) is 0.927. The van der Waals surface area contributed by atoms with Gasteiger partial charge in [-0.15, -0.1) is 0 Å². The Morgan fingerprint density at radius 2 is 1.53 bits per heavy atom. The number of rotatable bonds is 6. The summed E-state index contributed by atoms with van der Waals surface area (Å²) in [5.74, 6) is -1.16. The van der Waals surface area contributed by atoms with Gasteiger partial charge in [-0.2, -0.15) is 4.72 Å². The van der Waals surface area contributed by atoms with Crippen LogP contribution < -0.4 is 4.72 Å². The average molecular weight is 490 g/mol. The normalized spacial score (nSPS) is 18.5. The molecule has 0 spiro atoms. The Hall–Kier alpha value is -2.82. The van der Waals surface area contributed by atoms with E-state index in [1.165, 1.54) is 36.4 Å². The molecule has 1 unspecified atom stereocenters. The zero-order valence-electron chi connectivity index (χ0n) is 18.7. The SMILES string of the molecule is O=C(c1ccc(F)cc1)N1CCC(C(NS(=O)(=O)c2ccccc2)C(=O)N2CCOCC2)CC1. The number of hydrogen-bond donors (Lipinski definition) is 1. The summed E-state index contributed by atoms with van der Waals surface area (Å²) in [6, 6.07) is 12.4. The molecule has 2 amide bonds. The summed E-state index contributed by atoms with van der Waals surface area (Å²) in [7, 11) is -3.91. The van der Waals surface area contributed by atoms with E-state index in [9.17, 15) is 22.4 Å². The van der Waals surface area contributed by atoms with Gasteiger partial charge in [0, 0.05) is 31.7 Å². The van der Waals surface area contributed by atoms with Gasteiger partial charge < -0.3 is 14.5 Å². The molecule has 182 valence electrons. The summed E-state index contributed by atoms with van der Waals surface area (Å²) >= 11 is 0. The Bertz CT molecular complexity index is 1100. The molecule has 0 aliphatic carbocycles. The lowest BCUT2D eigenvalue weighted by Crippen LogP contribution is -2.56. The van der Waals surface area contributed by atoms with Crippen LogP contribution in [0.2, 0.25) is 0 Å². The van der Waals surface area contributed by atoms with Crippen molar-refractivity contribution in [1.29, 1.82) is 0 Å². The van der Waals surface area contributed by atoms with Gasteiger partial charge in [-0.1, -0.05) is 18.2 Å². The van der Waals surface area contributed by atoms with Crippen LogP contribution in [-0.4, -0.2) is 75.5 Å². The minimum absolute atomic E-state index is 0.0960. The van der Waals surface area contributed by atoms with Crippen LogP contribution in [-0.2, 0) is 19.6 Å². The molecular weight excluding hydrogens is 461 g/mol. The van der Waals surface area contributed by atoms with E-state index in [1.54, 1.807) is 28.0 Å². The molecular formula is C24H28FN3O5S. The summed E-state index contributed by atoms with van der Waals surface area (Å²) in [4.78, 5) is 29.6. The van der Waals surface area contributed by atoms with Crippen molar-refractivity contribution in [2.24, 2.45) is 5.92 Å². The minimum Gasteiger partial charge on any atom is -0.378 e. The maximum absolute atomic E-state index is 13.4. The molecule has 1 N–H and O–H groups in total. The highest BCUT2D eigenvalue weighted by Crippen LogP contribution is 2.25. The van der Waals surface area contributed by atoms with Crippen LogP contribution in [0.25, 0.3) is 0 Å². The number of carbonyl (C=O) groups is 2. The van der Waals surface area contributed by atoms with Crippen LogP contribution in [0.3, 0.4) is 0 Å². The van der Waals surface area contributed by atoms with Crippen LogP contribution >= 0.6 is 0 Å². The Balaban J connectivity index is 1.49. The van der Waals surface area contributed by atoms with E-state index in [2.05, 4.69) is 4.72 Å². The largest absolute Gasteiger partial charge is 0.378 e. The number of nitrogens with one attached hydrogen (secondary N) is 1. The second-order valence-electron chi connectivity index (χ2n) is 8.49. The Morgan fingerprint density at radius 3 is 2.15 bits per heavy atom. The van der Waals surface area contributed by atoms with Gasteiger partial charge in [0.05, 0.1) is 18.1 Å². The fraction of sp³-hybridized carbons (Fsp3) is 0.417. The van der Waals surface area contributed by atoms with Gasteiger partial charge in [0.2, 0.25) is 15.9 Å². The molecule has 2 aromatic rings. The first-order valence-electron chi connectivity index (χ1n) is 11.3. The number of morpholine rings is 1. The van der Waals surface area contributed by atoms with E-state index >= 15 is 0 Å². The Labute approximate surface area is 198 Å².